The van der Waals surface area contributed by atoms with E-state index in [9.17, 15) is 0 Å². The maximum atomic E-state index is 4.92. The van der Waals surface area contributed by atoms with E-state index in [1.807, 2.05) is 12.1 Å². The van der Waals surface area contributed by atoms with Gasteiger partial charge < -0.3 is 9.80 Å². The number of anilines is 2. The number of para-hydroxylation sites is 2. The highest BCUT2D eigenvalue weighted by molar-refractivity contribution is 5.81. The van der Waals surface area contributed by atoms with Crippen LogP contribution in [0.3, 0.4) is 0 Å². The molecule has 4 rings (SSSR count). The van der Waals surface area contributed by atoms with Crippen LogP contribution in [0.4, 0.5) is 11.6 Å². The van der Waals surface area contributed by atoms with Crippen molar-refractivity contribution in [1.82, 2.24) is 9.97 Å². The fourth-order valence-electron chi connectivity index (χ4n) is 3.04. The normalized spacial score (nSPS) is 19.2. The molecule has 1 aromatic carbocycles. The number of piperidine rings is 1. The molecule has 2 aliphatic heterocycles. The maximum absolute atomic E-state index is 4.92. The zero-order valence-electron chi connectivity index (χ0n) is 11.8. The summed E-state index contributed by atoms with van der Waals surface area (Å²) >= 11 is 0. The first-order valence-corrected chi connectivity index (χ1v) is 7.68. The van der Waals surface area contributed by atoms with Crippen molar-refractivity contribution in [1.29, 1.82) is 0 Å². The van der Waals surface area contributed by atoms with Gasteiger partial charge in [-0.3, -0.25) is 0 Å². The van der Waals surface area contributed by atoms with Crippen molar-refractivity contribution in [2.75, 3.05) is 36.0 Å². The molecule has 0 spiro atoms. The van der Waals surface area contributed by atoms with Crippen LogP contribution in [0.2, 0.25) is 0 Å². The second-order valence-electron chi connectivity index (χ2n) is 5.75. The van der Waals surface area contributed by atoms with Crippen molar-refractivity contribution in [3.63, 3.8) is 0 Å². The summed E-state index contributed by atoms with van der Waals surface area (Å²) in [6.07, 6.45) is 5.16. The minimum Gasteiger partial charge on any atom is -0.354 e. The summed E-state index contributed by atoms with van der Waals surface area (Å²) < 4.78 is 0. The van der Waals surface area contributed by atoms with Crippen molar-refractivity contribution in [2.24, 2.45) is 0 Å². The lowest BCUT2D eigenvalue weighted by Gasteiger charge is -2.36. The van der Waals surface area contributed by atoms with E-state index in [1.54, 1.807) is 0 Å². The van der Waals surface area contributed by atoms with Crippen LogP contribution in [-0.4, -0.2) is 36.1 Å². The molecule has 0 radical (unpaired) electrons. The minimum atomic E-state index is 1.01. The molecular formula is C16H20N4. The van der Waals surface area contributed by atoms with Crippen LogP contribution in [-0.2, 0) is 0 Å². The first-order valence-electron chi connectivity index (χ1n) is 7.68. The van der Waals surface area contributed by atoms with Crippen LogP contribution >= 0.6 is 0 Å². The Morgan fingerprint density at radius 3 is 1.60 bits per heavy atom. The second kappa shape index (κ2) is 4.93. The molecule has 2 saturated heterocycles. The van der Waals surface area contributed by atoms with E-state index in [0.29, 0.717) is 0 Å². The first-order chi connectivity index (χ1) is 9.92. The van der Waals surface area contributed by atoms with Gasteiger partial charge in [0, 0.05) is 26.2 Å². The summed E-state index contributed by atoms with van der Waals surface area (Å²) in [7, 11) is 0. The standard InChI is InChI=1S/C16H20N4/c1-4-9-19(10-5-1)15-16(20-11-6-12-20)18-14-8-3-2-7-13(14)17-15/h2-3,7-8H,1,4-6,9-12H2. The Labute approximate surface area is 119 Å². The number of hydrogen-bond acceptors (Lipinski definition) is 4. The lowest BCUT2D eigenvalue weighted by molar-refractivity contribution is 0.566. The number of rotatable bonds is 2. The lowest BCUT2D eigenvalue weighted by atomic mass is 10.1. The van der Waals surface area contributed by atoms with E-state index in [2.05, 4.69) is 21.9 Å². The van der Waals surface area contributed by atoms with Gasteiger partial charge in [-0.15, -0.1) is 0 Å². The van der Waals surface area contributed by atoms with Crippen molar-refractivity contribution in [2.45, 2.75) is 25.7 Å². The quantitative estimate of drug-likeness (QED) is 0.838. The highest BCUT2D eigenvalue weighted by Crippen LogP contribution is 2.32. The summed E-state index contributed by atoms with van der Waals surface area (Å²) in [6.45, 7) is 4.48. The summed E-state index contributed by atoms with van der Waals surface area (Å²) in [6, 6.07) is 8.21. The molecule has 2 aromatic rings. The fourth-order valence-corrected chi connectivity index (χ4v) is 3.04. The summed E-state index contributed by atoms with van der Waals surface area (Å²) in [4.78, 5) is 14.6. The summed E-state index contributed by atoms with van der Waals surface area (Å²) in [5.74, 6) is 2.19. The second-order valence-corrected chi connectivity index (χ2v) is 5.75. The number of benzene rings is 1. The molecule has 20 heavy (non-hydrogen) atoms. The average Bonchev–Trinajstić information content (AvgIpc) is 2.46. The largest absolute Gasteiger partial charge is 0.354 e. The van der Waals surface area contributed by atoms with Gasteiger partial charge in [-0.1, -0.05) is 12.1 Å². The molecule has 0 saturated carbocycles. The number of hydrogen-bond donors (Lipinski definition) is 0. The Bertz CT molecular complexity index is 615. The molecule has 3 heterocycles. The molecule has 0 unspecified atom stereocenters. The molecular weight excluding hydrogens is 248 g/mol. The van der Waals surface area contributed by atoms with Crippen LogP contribution in [0.15, 0.2) is 24.3 Å². The molecule has 4 heteroatoms. The van der Waals surface area contributed by atoms with E-state index in [4.69, 9.17) is 9.97 Å². The predicted molar refractivity (Wildman–Crippen MR) is 82.4 cm³/mol. The molecule has 1 aromatic heterocycles. The molecule has 4 nitrogen and oxygen atoms in total. The number of fused-ring (bicyclic) bond motifs is 1. The lowest BCUT2D eigenvalue weighted by Crippen LogP contribution is -2.40. The molecule has 0 atom stereocenters. The third-order valence-corrected chi connectivity index (χ3v) is 4.35. The highest BCUT2D eigenvalue weighted by Gasteiger charge is 2.25. The van der Waals surface area contributed by atoms with Crippen LogP contribution in [0.5, 0.6) is 0 Å². The molecule has 104 valence electrons. The molecule has 0 aliphatic carbocycles. The SMILES string of the molecule is c1ccc2nc(N3CCC3)c(N3CCCCC3)nc2c1. The Morgan fingerprint density at radius 1 is 0.650 bits per heavy atom. The van der Waals surface area contributed by atoms with Crippen molar-refractivity contribution >= 4 is 22.7 Å². The van der Waals surface area contributed by atoms with Crippen molar-refractivity contribution in [3.8, 4) is 0 Å². The van der Waals surface area contributed by atoms with Crippen molar-refractivity contribution < 1.29 is 0 Å². The van der Waals surface area contributed by atoms with Crippen molar-refractivity contribution in [3.05, 3.63) is 24.3 Å². The number of nitrogens with zero attached hydrogens (tertiary/aromatic N) is 4. The van der Waals surface area contributed by atoms with E-state index < -0.39 is 0 Å². The van der Waals surface area contributed by atoms with Crippen LogP contribution < -0.4 is 9.80 Å². The van der Waals surface area contributed by atoms with Crippen LogP contribution in [0.1, 0.15) is 25.7 Å². The van der Waals surface area contributed by atoms with E-state index in [1.165, 1.54) is 25.7 Å². The fraction of sp³-hybridized carbons (Fsp3) is 0.500. The van der Waals surface area contributed by atoms with Gasteiger partial charge >= 0.3 is 0 Å². The topological polar surface area (TPSA) is 32.3 Å². The predicted octanol–water partition coefficient (Wildman–Crippen LogP) is 2.83. The number of aromatic nitrogens is 2. The van der Waals surface area contributed by atoms with E-state index in [-0.39, 0.29) is 0 Å². The van der Waals surface area contributed by atoms with Gasteiger partial charge in [-0.05, 0) is 37.8 Å². The maximum Gasteiger partial charge on any atom is 0.172 e. The highest BCUT2D eigenvalue weighted by atomic mass is 15.3. The molecule has 0 bridgehead atoms. The minimum absolute atomic E-state index is 1.01. The van der Waals surface area contributed by atoms with Gasteiger partial charge in [-0.2, -0.15) is 0 Å². The third kappa shape index (κ3) is 1.99. The summed E-state index contributed by atoms with van der Waals surface area (Å²) in [5.41, 5.74) is 2.02. The van der Waals surface area contributed by atoms with Crippen LogP contribution in [0, 0.1) is 0 Å². The van der Waals surface area contributed by atoms with Gasteiger partial charge in [0.15, 0.2) is 11.6 Å². The zero-order valence-corrected chi connectivity index (χ0v) is 11.8. The van der Waals surface area contributed by atoms with E-state index >= 15 is 0 Å². The Morgan fingerprint density at radius 2 is 1.15 bits per heavy atom. The van der Waals surface area contributed by atoms with E-state index in [0.717, 1.165) is 48.8 Å². The van der Waals surface area contributed by atoms with Gasteiger partial charge in [0.2, 0.25) is 0 Å². The smallest absolute Gasteiger partial charge is 0.172 e. The monoisotopic (exact) mass is 268 g/mol. The van der Waals surface area contributed by atoms with Gasteiger partial charge in [0.1, 0.15) is 0 Å². The molecule has 0 N–H and O–H groups in total. The summed E-state index contributed by atoms with van der Waals surface area (Å²) in [5, 5.41) is 0. The first kappa shape index (κ1) is 11.9. The molecule has 2 aliphatic rings. The average molecular weight is 268 g/mol. The third-order valence-electron chi connectivity index (χ3n) is 4.35. The Hall–Kier alpha value is -1.84. The zero-order chi connectivity index (χ0) is 13.4. The molecule has 0 amide bonds. The van der Waals surface area contributed by atoms with Gasteiger partial charge in [0.25, 0.3) is 0 Å². The van der Waals surface area contributed by atoms with Gasteiger partial charge in [-0.25, -0.2) is 9.97 Å². The van der Waals surface area contributed by atoms with Gasteiger partial charge in [0.05, 0.1) is 11.0 Å². The van der Waals surface area contributed by atoms with Crippen LogP contribution in [0.25, 0.3) is 11.0 Å². The molecule has 2 fully saturated rings. The Balaban J connectivity index is 1.82. The Kier molecular flexibility index (Phi) is 2.94.